The Morgan fingerprint density at radius 2 is 2.07 bits per heavy atom. The first-order valence-electron chi connectivity index (χ1n) is 8.65. The van der Waals surface area contributed by atoms with Crippen molar-refractivity contribution in [2.45, 2.75) is 12.6 Å². The molecule has 1 aliphatic rings. The van der Waals surface area contributed by atoms with E-state index >= 15 is 0 Å². The maximum Gasteiger partial charge on any atom is 0.408 e. The van der Waals surface area contributed by atoms with E-state index in [0.29, 0.717) is 16.9 Å². The number of benzene rings is 1. The molecule has 0 bridgehead atoms. The van der Waals surface area contributed by atoms with Crippen LogP contribution in [0.5, 0.6) is 0 Å². The number of rotatable bonds is 3. The smallest absolute Gasteiger partial charge is 0.408 e. The van der Waals surface area contributed by atoms with Gasteiger partial charge in [0.1, 0.15) is 11.9 Å². The van der Waals surface area contributed by atoms with Crippen LogP contribution < -0.4 is 10.9 Å². The number of pyridine rings is 1. The van der Waals surface area contributed by atoms with Gasteiger partial charge in [-0.05, 0) is 18.2 Å². The molecule has 29 heavy (non-hydrogen) atoms. The van der Waals surface area contributed by atoms with Gasteiger partial charge in [-0.2, -0.15) is 5.10 Å². The molecule has 0 saturated heterocycles. The highest BCUT2D eigenvalue weighted by Gasteiger charge is 2.41. The zero-order chi connectivity index (χ0) is 20.7. The number of nitrogens with one attached hydrogen (secondary N) is 1. The Kier molecular flexibility index (Phi) is 4.38. The first kappa shape index (κ1) is 18.4. The van der Waals surface area contributed by atoms with E-state index in [1.54, 1.807) is 19.2 Å². The number of aromatic nitrogens is 3. The van der Waals surface area contributed by atoms with Gasteiger partial charge >= 0.3 is 6.09 Å². The van der Waals surface area contributed by atoms with Crippen LogP contribution in [0.1, 0.15) is 17.3 Å². The van der Waals surface area contributed by atoms with Gasteiger partial charge in [0.2, 0.25) is 0 Å². The van der Waals surface area contributed by atoms with Crippen LogP contribution in [0, 0.1) is 5.82 Å². The Morgan fingerprint density at radius 1 is 1.28 bits per heavy atom. The van der Waals surface area contributed by atoms with Crippen LogP contribution >= 0.6 is 0 Å². The molecule has 2 amide bonds. The van der Waals surface area contributed by atoms with E-state index in [4.69, 9.17) is 0 Å². The SMILES string of the molecule is Cn1ncc2c1CN(C(=O)O)[C@H]2C(=O)Nc1ccc(-n2ccccc2=O)cc1F. The van der Waals surface area contributed by atoms with Crippen LogP contribution in [0.25, 0.3) is 5.69 Å². The molecule has 0 radical (unpaired) electrons. The van der Waals surface area contributed by atoms with Crippen molar-refractivity contribution in [3.8, 4) is 5.69 Å². The number of carbonyl (C=O) groups is 2. The monoisotopic (exact) mass is 397 g/mol. The van der Waals surface area contributed by atoms with Crippen LogP contribution in [0.2, 0.25) is 0 Å². The topological polar surface area (TPSA) is 109 Å². The molecule has 4 rings (SSSR count). The molecule has 1 aliphatic heterocycles. The highest BCUT2D eigenvalue weighted by atomic mass is 19.1. The molecular formula is C19H16FN5O4. The summed E-state index contributed by atoms with van der Waals surface area (Å²) in [5.74, 6) is -1.44. The third kappa shape index (κ3) is 3.14. The number of anilines is 1. The molecule has 2 N–H and O–H groups in total. The zero-order valence-electron chi connectivity index (χ0n) is 15.2. The number of hydrogen-bond acceptors (Lipinski definition) is 4. The van der Waals surface area contributed by atoms with Gasteiger partial charge in [-0.15, -0.1) is 0 Å². The number of nitrogens with zero attached hydrogens (tertiary/aromatic N) is 4. The van der Waals surface area contributed by atoms with E-state index in [0.717, 1.165) is 11.0 Å². The predicted molar refractivity (Wildman–Crippen MR) is 100 cm³/mol. The minimum absolute atomic E-state index is 0.0115. The molecule has 9 nitrogen and oxygen atoms in total. The van der Waals surface area contributed by atoms with Crippen molar-refractivity contribution in [1.29, 1.82) is 0 Å². The van der Waals surface area contributed by atoms with Crippen molar-refractivity contribution in [2.75, 3.05) is 5.32 Å². The van der Waals surface area contributed by atoms with Crippen molar-refractivity contribution in [2.24, 2.45) is 7.05 Å². The van der Waals surface area contributed by atoms with Crippen molar-refractivity contribution >= 4 is 17.7 Å². The maximum atomic E-state index is 14.6. The Morgan fingerprint density at radius 3 is 2.76 bits per heavy atom. The predicted octanol–water partition coefficient (Wildman–Crippen LogP) is 1.88. The Hall–Kier alpha value is -3.95. The van der Waals surface area contributed by atoms with E-state index in [1.165, 1.54) is 39.8 Å². The summed E-state index contributed by atoms with van der Waals surface area (Å²) in [6, 6.07) is 7.36. The lowest BCUT2D eigenvalue weighted by molar-refractivity contribution is -0.120. The first-order chi connectivity index (χ1) is 13.9. The van der Waals surface area contributed by atoms with Crippen molar-refractivity contribution in [1.82, 2.24) is 19.2 Å². The Bertz CT molecular complexity index is 1190. The van der Waals surface area contributed by atoms with E-state index in [2.05, 4.69) is 10.4 Å². The minimum atomic E-state index is -1.26. The Balaban J connectivity index is 1.62. The number of aryl methyl sites for hydroxylation is 1. The van der Waals surface area contributed by atoms with Gasteiger partial charge < -0.3 is 10.4 Å². The molecule has 148 valence electrons. The summed E-state index contributed by atoms with van der Waals surface area (Å²) >= 11 is 0. The molecular weight excluding hydrogens is 381 g/mol. The quantitative estimate of drug-likeness (QED) is 0.701. The third-order valence-corrected chi connectivity index (χ3v) is 4.83. The van der Waals surface area contributed by atoms with Crippen LogP contribution in [0.4, 0.5) is 14.9 Å². The number of halogens is 1. The molecule has 3 heterocycles. The van der Waals surface area contributed by atoms with Crippen LogP contribution in [0.15, 0.2) is 53.6 Å². The average molecular weight is 397 g/mol. The van der Waals surface area contributed by atoms with Gasteiger partial charge in [-0.1, -0.05) is 6.07 Å². The summed E-state index contributed by atoms with van der Waals surface area (Å²) < 4.78 is 17.4. The van der Waals surface area contributed by atoms with Crippen molar-refractivity contribution in [3.05, 3.63) is 76.2 Å². The van der Waals surface area contributed by atoms with Crippen LogP contribution in [-0.2, 0) is 18.4 Å². The lowest BCUT2D eigenvalue weighted by Crippen LogP contribution is -2.36. The summed E-state index contributed by atoms with van der Waals surface area (Å²) in [7, 11) is 1.66. The Labute approximate surface area is 163 Å². The highest BCUT2D eigenvalue weighted by Crippen LogP contribution is 2.34. The first-order valence-corrected chi connectivity index (χ1v) is 8.65. The summed E-state index contributed by atoms with van der Waals surface area (Å²) in [4.78, 5) is 37.2. The normalized spacial score (nSPS) is 15.2. The summed E-state index contributed by atoms with van der Waals surface area (Å²) in [5, 5.41) is 15.9. The van der Waals surface area contributed by atoms with E-state index in [-0.39, 0.29) is 17.8 Å². The minimum Gasteiger partial charge on any atom is -0.465 e. The van der Waals surface area contributed by atoms with Crippen LogP contribution in [0.3, 0.4) is 0 Å². The summed E-state index contributed by atoms with van der Waals surface area (Å²) in [6.07, 6.45) is 1.67. The second kappa shape index (κ2) is 6.89. The summed E-state index contributed by atoms with van der Waals surface area (Å²) in [5.41, 5.74) is 0.919. The molecule has 0 spiro atoms. The van der Waals surface area contributed by atoms with Gasteiger partial charge in [0.15, 0.2) is 0 Å². The molecule has 1 aromatic carbocycles. The number of carbonyl (C=O) groups excluding carboxylic acids is 1. The van der Waals surface area contributed by atoms with E-state index < -0.39 is 23.9 Å². The molecule has 0 saturated carbocycles. The number of fused-ring (bicyclic) bond motifs is 1. The van der Waals surface area contributed by atoms with Crippen molar-refractivity contribution < 1.29 is 19.1 Å². The highest BCUT2D eigenvalue weighted by molar-refractivity contribution is 5.98. The lowest BCUT2D eigenvalue weighted by atomic mass is 10.1. The number of amides is 2. The molecule has 1 atom stereocenters. The van der Waals surface area contributed by atoms with E-state index in [1.807, 2.05) is 0 Å². The number of hydrogen-bond donors (Lipinski definition) is 2. The van der Waals surface area contributed by atoms with Gasteiger partial charge in [-0.25, -0.2) is 9.18 Å². The molecule has 0 fully saturated rings. The zero-order valence-corrected chi connectivity index (χ0v) is 15.2. The second-order valence-corrected chi connectivity index (χ2v) is 6.55. The standard InChI is InChI=1S/C19H16FN5O4/c1-23-15-10-25(19(28)29)17(12(15)9-21-23)18(27)22-14-6-5-11(8-13(14)20)24-7-3-2-4-16(24)26/h2-9,17H,10H2,1H3,(H,22,27)(H,28,29)/t17-/m1/s1. The maximum absolute atomic E-state index is 14.6. The third-order valence-electron chi connectivity index (χ3n) is 4.83. The van der Waals surface area contributed by atoms with Gasteiger partial charge in [0, 0.05) is 30.9 Å². The van der Waals surface area contributed by atoms with Gasteiger partial charge in [-0.3, -0.25) is 23.7 Å². The fourth-order valence-corrected chi connectivity index (χ4v) is 3.38. The molecule has 0 unspecified atom stereocenters. The fraction of sp³-hybridized carbons (Fsp3) is 0.158. The molecule has 10 heteroatoms. The fourth-order valence-electron chi connectivity index (χ4n) is 3.38. The van der Waals surface area contributed by atoms with E-state index in [9.17, 15) is 23.9 Å². The van der Waals surface area contributed by atoms with Crippen LogP contribution in [-0.4, -0.2) is 36.4 Å². The number of carboxylic acid groups (broad SMARTS) is 1. The van der Waals surface area contributed by atoms with Gasteiger partial charge in [0.05, 0.1) is 29.8 Å². The summed E-state index contributed by atoms with van der Waals surface area (Å²) in [6.45, 7) is 0.0115. The molecule has 3 aromatic rings. The lowest BCUT2D eigenvalue weighted by Gasteiger charge is -2.21. The molecule has 2 aromatic heterocycles. The second-order valence-electron chi connectivity index (χ2n) is 6.55. The van der Waals surface area contributed by atoms with Crippen molar-refractivity contribution in [3.63, 3.8) is 0 Å². The largest absolute Gasteiger partial charge is 0.465 e. The average Bonchev–Trinajstić information content (AvgIpc) is 3.24. The molecule has 0 aliphatic carbocycles. The van der Waals surface area contributed by atoms with Gasteiger partial charge in [0.25, 0.3) is 11.5 Å².